The van der Waals surface area contributed by atoms with Crippen LogP contribution in [0.4, 0.5) is 17.1 Å². The summed E-state index contributed by atoms with van der Waals surface area (Å²) < 4.78 is 4.85. The summed E-state index contributed by atoms with van der Waals surface area (Å²) in [5.74, 6) is -0.0120. The molecule has 0 radical (unpaired) electrons. The number of nitrogens with one attached hydrogen (secondary N) is 2. The fourth-order valence-corrected chi connectivity index (χ4v) is 2.10. The minimum absolute atomic E-state index is 0.0120. The molecule has 5 N–H and O–H groups in total. The molecule has 1 unspecified atom stereocenters. The van der Waals surface area contributed by atoms with Crippen molar-refractivity contribution < 1.29 is 14.6 Å². The molecule has 1 heterocycles. The molecule has 19 heavy (non-hydrogen) atoms. The van der Waals surface area contributed by atoms with Gasteiger partial charge in [-0.1, -0.05) is 0 Å². The summed E-state index contributed by atoms with van der Waals surface area (Å²) in [6.45, 7) is 0.902. The fraction of sp³-hybridized carbons (Fsp3) is 0.462. The van der Waals surface area contributed by atoms with Crippen molar-refractivity contribution in [2.75, 3.05) is 36.6 Å². The van der Waals surface area contributed by atoms with E-state index in [2.05, 4.69) is 10.6 Å². The molecular formula is C13H19N3O3. The number of methoxy groups -OCH3 is 1. The van der Waals surface area contributed by atoms with Crippen LogP contribution in [0.2, 0.25) is 0 Å². The van der Waals surface area contributed by atoms with Crippen molar-refractivity contribution in [2.45, 2.75) is 18.9 Å². The molecule has 1 aromatic carbocycles. The quantitative estimate of drug-likeness (QED) is 0.564. The number of aliphatic hydroxyl groups is 1. The van der Waals surface area contributed by atoms with E-state index in [1.165, 1.54) is 0 Å². The SMILES string of the molecule is COCC(O)CCNc1cc2c(cc1N)CC(=O)N2. The third kappa shape index (κ3) is 3.36. The maximum absolute atomic E-state index is 11.3. The first-order valence-electron chi connectivity index (χ1n) is 6.23. The van der Waals surface area contributed by atoms with Crippen molar-refractivity contribution in [2.24, 2.45) is 0 Å². The number of anilines is 3. The summed E-state index contributed by atoms with van der Waals surface area (Å²) in [5, 5.41) is 15.5. The van der Waals surface area contributed by atoms with Gasteiger partial charge in [0.25, 0.3) is 0 Å². The Balaban J connectivity index is 1.94. The molecule has 0 aromatic heterocycles. The smallest absolute Gasteiger partial charge is 0.228 e. The summed E-state index contributed by atoms with van der Waals surface area (Å²) in [7, 11) is 1.55. The van der Waals surface area contributed by atoms with Gasteiger partial charge in [0.15, 0.2) is 0 Å². The van der Waals surface area contributed by atoms with Crippen molar-refractivity contribution in [3.05, 3.63) is 17.7 Å². The number of amides is 1. The maximum Gasteiger partial charge on any atom is 0.228 e. The van der Waals surface area contributed by atoms with Crippen LogP contribution in [0.1, 0.15) is 12.0 Å². The van der Waals surface area contributed by atoms with Crippen LogP contribution in [-0.2, 0) is 16.0 Å². The largest absolute Gasteiger partial charge is 0.397 e. The molecule has 0 aliphatic carbocycles. The molecule has 2 rings (SSSR count). The maximum atomic E-state index is 11.3. The van der Waals surface area contributed by atoms with Crippen molar-refractivity contribution in [1.29, 1.82) is 0 Å². The Bertz CT molecular complexity index is 476. The van der Waals surface area contributed by atoms with Gasteiger partial charge in [-0.2, -0.15) is 0 Å². The minimum atomic E-state index is -0.493. The van der Waals surface area contributed by atoms with Gasteiger partial charge in [-0.25, -0.2) is 0 Å². The van der Waals surface area contributed by atoms with Crippen LogP contribution in [-0.4, -0.2) is 37.4 Å². The van der Waals surface area contributed by atoms with Gasteiger partial charge in [-0.05, 0) is 24.1 Å². The molecule has 0 fully saturated rings. The lowest BCUT2D eigenvalue weighted by molar-refractivity contribution is -0.115. The van der Waals surface area contributed by atoms with Gasteiger partial charge in [0.1, 0.15) is 0 Å². The third-order valence-electron chi connectivity index (χ3n) is 3.05. The Morgan fingerprint density at radius 2 is 2.37 bits per heavy atom. The number of nitrogens with two attached hydrogens (primary N) is 1. The molecule has 1 aliphatic heterocycles. The Morgan fingerprint density at radius 3 is 3.11 bits per heavy atom. The molecule has 1 amide bonds. The monoisotopic (exact) mass is 265 g/mol. The molecule has 1 aromatic rings. The molecule has 1 aliphatic rings. The highest BCUT2D eigenvalue weighted by atomic mass is 16.5. The average Bonchev–Trinajstić information content (AvgIpc) is 2.69. The van der Waals surface area contributed by atoms with E-state index in [1.54, 1.807) is 13.2 Å². The molecular weight excluding hydrogens is 246 g/mol. The molecule has 0 bridgehead atoms. The zero-order valence-electron chi connectivity index (χ0n) is 10.9. The first kappa shape index (κ1) is 13.6. The highest BCUT2D eigenvalue weighted by molar-refractivity contribution is 6.00. The van der Waals surface area contributed by atoms with Gasteiger partial charge in [-0.3, -0.25) is 4.79 Å². The van der Waals surface area contributed by atoms with Gasteiger partial charge in [-0.15, -0.1) is 0 Å². The van der Waals surface area contributed by atoms with Gasteiger partial charge >= 0.3 is 0 Å². The molecule has 0 saturated heterocycles. The lowest BCUT2D eigenvalue weighted by Crippen LogP contribution is -2.18. The summed E-state index contributed by atoms with van der Waals surface area (Å²) >= 11 is 0. The Kier molecular flexibility index (Phi) is 4.24. The van der Waals surface area contributed by atoms with E-state index in [1.807, 2.05) is 6.07 Å². The van der Waals surface area contributed by atoms with E-state index < -0.39 is 6.10 Å². The lowest BCUT2D eigenvalue weighted by atomic mass is 10.1. The van der Waals surface area contributed by atoms with E-state index in [9.17, 15) is 9.90 Å². The first-order valence-corrected chi connectivity index (χ1v) is 6.23. The first-order chi connectivity index (χ1) is 9.10. The van der Waals surface area contributed by atoms with E-state index in [0.717, 1.165) is 16.9 Å². The fourth-order valence-electron chi connectivity index (χ4n) is 2.10. The topological polar surface area (TPSA) is 96.6 Å². The van der Waals surface area contributed by atoms with Crippen LogP contribution in [0, 0.1) is 0 Å². The van der Waals surface area contributed by atoms with Gasteiger partial charge < -0.3 is 26.2 Å². The number of hydrogen-bond acceptors (Lipinski definition) is 5. The summed E-state index contributed by atoms with van der Waals surface area (Å²) in [5.41, 5.74) is 9.03. The summed E-state index contributed by atoms with van der Waals surface area (Å²) in [4.78, 5) is 11.3. The van der Waals surface area contributed by atoms with Crippen molar-refractivity contribution in [1.82, 2.24) is 0 Å². The van der Waals surface area contributed by atoms with Crippen LogP contribution in [0.5, 0.6) is 0 Å². The highest BCUT2D eigenvalue weighted by Gasteiger charge is 2.19. The zero-order chi connectivity index (χ0) is 13.8. The van der Waals surface area contributed by atoms with Crippen molar-refractivity contribution in [3.63, 3.8) is 0 Å². The predicted molar refractivity (Wildman–Crippen MR) is 74.2 cm³/mol. The number of carbonyl (C=O) groups excluding carboxylic acids is 1. The van der Waals surface area contributed by atoms with Gasteiger partial charge in [0, 0.05) is 19.3 Å². The summed E-state index contributed by atoms with van der Waals surface area (Å²) in [6, 6.07) is 3.64. The number of carbonyl (C=O) groups is 1. The Labute approximate surface area is 111 Å². The Morgan fingerprint density at radius 1 is 1.58 bits per heavy atom. The second-order valence-electron chi connectivity index (χ2n) is 4.65. The number of fused-ring (bicyclic) bond motifs is 1. The van der Waals surface area contributed by atoms with E-state index in [0.29, 0.717) is 31.7 Å². The highest BCUT2D eigenvalue weighted by Crippen LogP contribution is 2.31. The second-order valence-corrected chi connectivity index (χ2v) is 4.65. The predicted octanol–water partition coefficient (Wildman–Crippen LogP) is 0.573. The van der Waals surface area contributed by atoms with Crippen LogP contribution in [0.3, 0.4) is 0 Å². The molecule has 104 valence electrons. The number of benzene rings is 1. The summed E-state index contributed by atoms with van der Waals surface area (Å²) in [6.07, 6.45) is 0.455. The number of aliphatic hydroxyl groups excluding tert-OH is 1. The second kappa shape index (κ2) is 5.90. The lowest BCUT2D eigenvalue weighted by Gasteiger charge is -2.13. The Hall–Kier alpha value is -1.79. The van der Waals surface area contributed by atoms with E-state index >= 15 is 0 Å². The third-order valence-corrected chi connectivity index (χ3v) is 3.05. The molecule has 1 atom stereocenters. The van der Waals surface area contributed by atoms with Crippen LogP contribution in [0.15, 0.2) is 12.1 Å². The van der Waals surface area contributed by atoms with Crippen LogP contribution >= 0.6 is 0 Å². The molecule has 0 saturated carbocycles. The standard InChI is InChI=1S/C13H19N3O3/c1-19-7-9(17)2-3-15-12-6-11-8(4-10(12)14)5-13(18)16-11/h4,6,9,15,17H,2-3,5,7,14H2,1H3,(H,16,18). The number of rotatable bonds is 6. The van der Waals surface area contributed by atoms with Crippen LogP contribution in [0.25, 0.3) is 0 Å². The number of nitrogen functional groups attached to an aromatic ring is 1. The number of hydrogen-bond donors (Lipinski definition) is 4. The normalized spacial score (nSPS) is 14.9. The van der Waals surface area contributed by atoms with E-state index in [-0.39, 0.29) is 5.91 Å². The van der Waals surface area contributed by atoms with Gasteiger partial charge in [0.05, 0.1) is 30.5 Å². The average molecular weight is 265 g/mol. The van der Waals surface area contributed by atoms with Crippen molar-refractivity contribution >= 4 is 23.0 Å². The molecule has 6 nitrogen and oxygen atoms in total. The van der Waals surface area contributed by atoms with Gasteiger partial charge in [0.2, 0.25) is 5.91 Å². The zero-order valence-corrected chi connectivity index (χ0v) is 10.9. The molecule has 0 spiro atoms. The van der Waals surface area contributed by atoms with E-state index in [4.69, 9.17) is 10.5 Å². The molecule has 6 heteroatoms. The van der Waals surface area contributed by atoms with Crippen molar-refractivity contribution in [3.8, 4) is 0 Å². The minimum Gasteiger partial charge on any atom is -0.397 e. The van der Waals surface area contributed by atoms with Crippen LogP contribution < -0.4 is 16.4 Å². The number of ether oxygens (including phenoxy) is 1.